The maximum absolute atomic E-state index is 10.1. The number of hydrogen-bond donors (Lipinski definition) is 0. The summed E-state index contributed by atoms with van der Waals surface area (Å²) in [6.07, 6.45) is 8.34. The minimum atomic E-state index is 0.725. The molecule has 84 valence electrons. The molecule has 17 heavy (non-hydrogen) atoms. The Morgan fingerprint density at radius 2 is 1.76 bits per heavy atom. The number of aldehydes is 1. The molecule has 0 radical (unpaired) electrons. The lowest BCUT2D eigenvalue weighted by Crippen LogP contribution is -1.87. The zero-order valence-electron chi connectivity index (χ0n) is 9.28. The first-order valence-electron chi connectivity index (χ1n) is 5.37. The Morgan fingerprint density at radius 3 is 2.41 bits per heavy atom. The molecule has 0 saturated carbocycles. The van der Waals surface area contributed by atoms with E-state index in [1.54, 1.807) is 18.5 Å². The van der Waals surface area contributed by atoms with Crippen LogP contribution < -0.4 is 0 Å². The molecule has 1 heterocycles. The van der Waals surface area contributed by atoms with Crippen LogP contribution in [0.4, 0.5) is 0 Å². The Morgan fingerprint density at radius 1 is 1.06 bits per heavy atom. The second-order valence-corrected chi connectivity index (χ2v) is 3.54. The van der Waals surface area contributed by atoms with Crippen LogP contribution in [-0.2, 0) is 11.2 Å². The Labute approximate surface area is 99.9 Å². The van der Waals surface area contributed by atoms with Gasteiger partial charge in [-0.1, -0.05) is 30.3 Å². The van der Waals surface area contributed by atoms with E-state index >= 15 is 0 Å². The highest BCUT2D eigenvalue weighted by Crippen LogP contribution is 2.14. The number of carbonyl (C=O) groups excluding carboxylic acids is 1. The molecule has 0 aliphatic rings. The molecule has 0 aliphatic heterocycles. The van der Waals surface area contributed by atoms with E-state index in [1.807, 2.05) is 30.3 Å². The summed E-state index contributed by atoms with van der Waals surface area (Å²) in [5, 5.41) is 0. The van der Waals surface area contributed by atoms with Gasteiger partial charge in [-0.25, -0.2) is 9.97 Å². The second kappa shape index (κ2) is 5.70. The van der Waals surface area contributed by atoms with E-state index in [0.29, 0.717) is 0 Å². The third-order valence-corrected chi connectivity index (χ3v) is 2.35. The van der Waals surface area contributed by atoms with Crippen molar-refractivity contribution in [1.29, 1.82) is 0 Å². The molecule has 0 unspecified atom stereocenters. The summed E-state index contributed by atoms with van der Waals surface area (Å²) in [6.45, 7) is 0. The normalized spacial score (nSPS) is 10.6. The van der Waals surface area contributed by atoms with Crippen molar-refractivity contribution in [3.63, 3.8) is 0 Å². The van der Waals surface area contributed by atoms with Gasteiger partial charge in [0.15, 0.2) is 5.82 Å². The molecular formula is C14H12N2O. The molecule has 0 spiro atoms. The van der Waals surface area contributed by atoms with Gasteiger partial charge >= 0.3 is 0 Å². The number of benzene rings is 1. The van der Waals surface area contributed by atoms with Crippen molar-refractivity contribution in [2.75, 3.05) is 0 Å². The predicted molar refractivity (Wildman–Crippen MR) is 66.4 cm³/mol. The monoisotopic (exact) mass is 224 g/mol. The highest BCUT2D eigenvalue weighted by Gasteiger charge is 1.98. The van der Waals surface area contributed by atoms with Crippen molar-refractivity contribution in [2.24, 2.45) is 0 Å². The van der Waals surface area contributed by atoms with Gasteiger partial charge in [0.25, 0.3) is 0 Å². The summed E-state index contributed by atoms with van der Waals surface area (Å²) >= 11 is 0. The lowest BCUT2D eigenvalue weighted by atomic mass is 10.1. The summed E-state index contributed by atoms with van der Waals surface area (Å²) in [5.74, 6) is 0.725. The van der Waals surface area contributed by atoms with E-state index in [4.69, 9.17) is 0 Å². The molecule has 2 aromatic rings. The van der Waals surface area contributed by atoms with Crippen LogP contribution in [0.3, 0.4) is 0 Å². The third kappa shape index (κ3) is 3.08. The Bertz CT molecular complexity index is 504. The average molecular weight is 224 g/mol. The van der Waals surface area contributed by atoms with Crippen LogP contribution in [0.1, 0.15) is 5.56 Å². The summed E-state index contributed by atoms with van der Waals surface area (Å²) < 4.78 is 0. The molecule has 0 aliphatic carbocycles. The zero-order chi connectivity index (χ0) is 11.9. The fourth-order valence-electron chi connectivity index (χ4n) is 1.50. The molecule has 0 saturated heterocycles. The predicted octanol–water partition coefficient (Wildman–Crippen LogP) is 2.44. The van der Waals surface area contributed by atoms with Gasteiger partial charge in [-0.05, 0) is 24.1 Å². The van der Waals surface area contributed by atoms with Gasteiger partial charge in [0, 0.05) is 18.0 Å². The van der Waals surface area contributed by atoms with E-state index in [1.165, 1.54) is 6.08 Å². The van der Waals surface area contributed by atoms with E-state index in [-0.39, 0.29) is 0 Å². The molecule has 0 fully saturated rings. The summed E-state index contributed by atoms with van der Waals surface area (Å²) in [4.78, 5) is 18.5. The molecule has 2 rings (SSSR count). The maximum Gasteiger partial charge on any atom is 0.159 e. The van der Waals surface area contributed by atoms with E-state index < -0.39 is 0 Å². The first-order valence-corrected chi connectivity index (χ1v) is 5.37. The number of rotatable bonds is 4. The van der Waals surface area contributed by atoms with Crippen molar-refractivity contribution in [3.05, 3.63) is 60.4 Å². The fourth-order valence-corrected chi connectivity index (χ4v) is 1.50. The van der Waals surface area contributed by atoms with Crippen LogP contribution in [0.5, 0.6) is 0 Å². The Kier molecular flexibility index (Phi) is 3.76. The first-order chi connectivity index (χ1) is 8.40. The van der Waals surface area contributed by atoms with E-state index in [9.17, 15) is 4.79 Å². The van der Waals surface area contributed by atoms with Crippen molar-refractivity contribution in [2.45, 2.75) is 6.42 Å². The maximum atomic E-state index is 10.1. The lowest BCUT2D eigenvalue weighted by Gasteiger charge is -2.00. The summed E-state index contributed by atoms with van der Waals surface area (Å²) in [6, 6.07) is 9.79. The van der Waals surface area contributed by atoms with Crippen LogP contribution in [-0.4, -0.2) is 16.3 Å². The number of carbonyl (C=O) groups is 1. The van der Waals surface area contributed by atoms with Crippen LogP contribution >= 0.6 is 0 Å². The third-order valence-electron chi connectivity index (χ3n) is 2.35. The number of hydrogen-bond acceptors (Lipinski definition) is 3. The van der Waals surface area contributed by atoms with Crippen molar-refractivity contribution >= 4 is 6.29 Å². The fraction of sp³-hybridized carbons (Fsp3) is 0.0714. The van der Waals surface area contributed by atoms with Crippen molar-refractivity contribution in [3.8, 4) is 11.4 Å². The van der Waals surface area contributed by atoms with Crippen LogP contribution in [0.2, 0.25) is 0 Å². The molecule has 3 nitrogen and oxygen atoms in total. The highest BCUT2D eigenvalue weighted by atomic mass is 16.1. The van der Waals surface area contributed by atoms with Gasteiger partial charge < -0.3 is 0 Å². The number of aromatic nitrogens is 2. The van der Waals surface area contributed by atoms with Crippen LogP contribution in [0.15, 0.2) is 54.9 Å². The standard InChI is InChI=1S/C14H12N2O/c17-11-2-1-4-12-5-7-13(8-6-12)14-15-9-3-10-16-14/h1-3,5-11H,4H2. The summed E-state index contributed by atoms with van der Waals surface area (Å²) in [7, 11) is 0. The second-order valence-electron chi connectivity index (χ2n) is 3.54. The molecule has 3 heteroatoms. The van der Waals surface area contributed by atoms with Gasteiger partial charge in [-0.2, -0.15) is 0 Å². The molecule has 0 atom stereocenters. The van der Waals surface area contributed by atoms with Gasteiger partial charge in [0.05, 0.1) is 0 Å². The number of nitrogens with zero attached hydrogens (tertiary/aromatic N) is 2. The highest BCUT2D eigenvalue weighted by molar-refractivity contribution is 5.64. The number of allylic oxidation sites excluding steroid dienone is 2. The van der Waals surface area contributed by atoms with Gasteiger partial charge in [0.2, 0.25) is 0 Å². The molecular weight excluding hydrogens is 212 g/mol. The minimum Gasteiger partial charge on any atom is -0.299 e. The molecule has 0 N–H and O–H groups in total. The molecule has 1 aromatic carbocycles. The summed E-state index contributed by atoms with van der Waals surface area (Å²) in [5.41, 5.74) is 2.15. The first kappa shape index (κ1) is 11.2. The zero-order valence-corrected chi connectivity index (χ0v) is 9.28. The van der Waals surface area contributed by atoms with Crippen LogP contribution in [0.25, 0.3) is 11.4 Å². The Hall–Kier alpha value is -2.29. The smallest absolute Gasteiger partial charge is 0.159 e. The quantitative estimate of drug-likeness (QED) is 0.591. The molecule has 0 amide bonds. The lowest BCUT2D eigenvalue weighted by molar-refractivity contribution is -0.104. The van der Waals surface area contributed by atoms with Crippen LogP contribution in [0, 0.1) is 0 Å². The Balaban J connectivity index is 2.13. The van der Waals surface area contributed by atoms with Gasteiger partial charge in [-0.3, -0.25) is 4.79 Å². The molecule has 1 aromatic heterocycles. The van der Waals surface area contributed by atoms with E-state index in [2.05, 4.69) is 9.97 Å². The largest absolute Gasteiger partial charge is 0.299 e. The molecule has 0 bridgehead atoms. The van der Waals surface area contributed by atoms with Crippen molar-refractivity contribution in [1.82, 2.24) is 9.97 Å². The van der Waals surface area contributed by atoms with Gasteiger partial charge in [0.1, 0.15) is 6.29 Å². The van der Waals surface area contributed by atoms with Gasteiger partial charge in [-0.15, -0.1) is 0 Å². The minimum absolute atomic E-state index is 0.725. The average Bonchev–Trinajstić information content (AvgIpc) is 2.41. The van der Waals surface area contributed by atoms with E-state index in [0.717, 1.165) is 29.7 Å². The van der Waals surface area contributed by atoms with Crippen molar-refractivity contribution < 1.29 is 4.79 Å². The SMILES string of the molecule is O=CC=CCc1ccc(-c2ncccn2)cc1. The topological polar surface area (TPSA) is 42.9 Å².